The summed E-state index contributed by atoms with van der Waals surface area (Å²) in [4.78, 5) is 12.5. The standard InChI is InChI=1S/C19H22N2O2/c1-13-6-8-14(9-7-13)18(22)12-21-19(23)17-11-20-10-15-4-2-3-5-16(15)17/h2-9,17-18,20,22H,10-12H2,1H3,(H,21,23). The van der Waals surface area contributed by atoms with Crippen molar-refractivity contribution in [2.24, 2.45) is 0 Å². The van der Waals surface area contributed by atoms with Crippen molar-refractivity contribution in [3.8, 4) is 0 Å². The molecule has 0 aliphatic carbocycles. The summed E-state index contributed by atoms with van der Waals surface area (Å²) in [6.07, 6.45) is -0.689. The summed E-state index contributed by atoms with van der Waals surface area (Å²) in [5.41, 5.74) is 4.21. The van der Waals surface area contributed by atoms with Crippen LogP contribution in [0.5, 0.6) is 0 Å². The second kappa shape index (κ2) is 6.94. The molecule has 1 amide bonds. The van der Waals surface area contributed by atoms with Crippen LogP contribution in [0.2, 0.25) is 0 Å². The van der Waals surface area contributed by atoms with E-state index in [1.54, 1.807) is 0 Å². The molecule has 0 bridgehead atoms. The summed E-state index contributed by atoms with van der Waals surface area (Å²) in [6.45, 7) is 3.65. The van der Waals surface area contributed by atoms with E-state index in [1.165, 1.54) is 0 Å². The molecule has 0 spiro atoms. The zero-order valence-electron chi connectivity index (χ0n) is 13.3. The van der Waals surface area contributed by atoms with Crippen LogP contribution in [0.4, 0.5) is 0 Å². The first-order valence-corrected chi connectivity index (χ1v) is 7.96. The van der Waals surface area contributed by atoms with Gasteiger partial charge in [-0.05, 0) is 23.6 Å². The van der Waals surface area contributed by atoms with E-state index in [2.05, 4.69) is 10.6 Å². The molecule has 2 aromatic rings. The molecule has 3 rings (SSSR count). The molecule has 2 atom stereocenters. The van der Waals surface area contributed by atoms with Crippen LogP contribution >= 0.6 is 0 Å². The van der Waals surface area contributed by atoms with E-state index in [0.29, 0.717) is 6.54 Å². The Balaban J connectivity index is 1.63. The quantitative estimate of drug-likeness (QED) is 0.810. The van der Waals surface area contributed by atoms with Gasteiger partial charge in [0.15, 0.2) is 0 Å². The van der Waals surface area contributed by atoms with E-state index in [4.69, 9.17) is 0 Å². The SMILES string of the molecule is Cc1ccc(C(O)CNC(=O)C2CNCc3ccccc32)cc1. The fourth-order valence-electron chi connectivity index (χ4n) is 2.96. The van der Waals surface area contributed by atoms with Gasteiger partial charge in [-0.2, -0.15) is 0 Å². The monoisotopic (exact) mass is 310 g/mol. The molecular weight excluding hydrogens is 288 g/mol. The van der Waals surface area contributed by atoms with Crippen LogP contribution in [0.3, 0.4) is 0 Å². The molecule has 0 radical (unpaired) electrons. The first-order valence-electron chi connectivity index (χ1n) is 7.96. The van der Waals surface area contributed by atoms with E-state index in [0.717, 1.165) is 28.8 Å². The highest BCUT2D eigenvalue weighted by atomic mass is 16.3. The number of hydrogen-bond donors (Lipinski definition) is 3. The maximum Gasteiger partial charge on any atom is 0.228 e. The number of aliphatic hydroxyl groups excluding tert-OH is 1. The van der Waals surface area contributed by atoms with Gasteiger partial charge in [0.25, 0.3) is 0 Å². The van der Waals surface area contributed by atoms with Gasteiger partial charge in [-0.3, -0.25) is 4.79 Å². The molecule has 2 unspecified atom stereocenters. The lowest BCUT2D eigenvalue weighted by molar-refractivity contribution is -0.123. The minimum atomic E-state index is -0.689. The average Bonchev–Trinajstić information content (AvgIpc) is 2.59. The molecule has 23 heavy (non-hydrogen) atoms. The molecule has 1 heterocycles. The summed E-state index contributed by atoms with van der Waals surface area (Å²) in [5, 5.41) is 16.4. The van der Waals surface area contributed by atoms with Crippen molar-refractivity contribution >= 4 is 5.91 Å². The summed E-state index contributed by atoms with van der Waals surface area (Å²) in [6, 6.07) is 15.7. The molecule has 1 aliphatic rings. The van der Waals surface area contributed by atoms with E-state index < -0.39 is 6.10 Å². The Morgan fingerprint density at radius 1 is 1.26 bits per heavy atom. The predicted molar refractivity (Wildman–Crippen MR) is 90.0 cm³/mol. The molecule has 1 aliphatic heterocycles. The number of aryl methyl sites for hydroxylation is 1. The van der Waals surface area contributed by atoms with Gasteiger partial charge in [0.05, 0.1) is 12.0 Å². The first kappa shape index (κ1) is 15.7. The Hall–Kier alpha value is -2.17. The van der Waals surface area contributed by atoms with Gasteiger partial charge >= 0.3 is 0 Å². The predicted octanol–water partition coefficient (Wildman–Crippen LogP) is 2.03. The normalized spacial score (nSPS) is 18.1. The van der Waals surface area contributed by atoms with E-state index in [1.807, 2.05) is 55.5 Å². The van der Waals surface area contributed by atoms with Crippen LogP contribution < -0.4 is 10.6 Å². The van der Waals surface area contributed by atoms with E-state index >= 15 is 0 Å². The number of fused-ring (bicyclic) bond motifs is 1. The number of nitrogens with one attached hydrogen (secondary N) is 2. The van der Waals surface area contributed by atoms with Crippen molar-refractivity contribution in [1.82, 2.24) is 10.6 Å². The fourth-order valence-corrected chi connectivity index (χ4v) is 2.96. The highest BCUT2D eigenvalue weighted by Gasteiger charge is 2.26. The summed E-state index contributed by atoms with van der Waals surface area (Å²) < 4.78 is 0. The Labute approximate surface area is 136 Å². The minimum Gasteiger partial charge on any atom is -0.387 e. The van der Waals surface area contributed by atoms with Gasteiger partial charge < -0.3 is 15.7 Å². The van der Waals surface area contributed by atoms with E-state index in [-0.39, 0.29) is 18.4 Å². The van der Waals surface area contributed by atoms with Gasteiger partial charge in [-0.25, -0.2) is 0 Å². The highest BCUT2D eigenvalue weighted by molar-refractivity contribution is 5.84. The van der Waals surface area contributed by atoms with Crippen LogP contribution in [-0.2, 0) is 11.3 Å². The lowest BCUT2D eigenvalue weighted by Crippen LogP contribution is -2.40. The second-order valence-electron chi connectivity index (χ2n) is 6.05. The molecule has 0 aromatic heterocycles. The third-order valence-electron chi connectivity index (χ3n) is 4.34. The van der Waals surface area contributed by atoms with Crippen LogP contribution in [0, 0.1) is 6.92 Å². The summed E-state index contributed by atoms with van der Waals surface area (Å²) in [7, 11) is 0. The van der Waals surface area contributed by atoms with Crippen molar-refractivity contribution in [3.05, 3.63) is 70.8 Å². The Kier molecular flexibility index (Phi) is 4.74. The molecular formula is C19H22N2O2. The third kappa shape index (κ3) is 3.60. The molecule has 120 valence electrons. The first-order chi connectivity index (χ1) is 11.1. The molecule has 3 N–H and O–H groups in total. The number of hydrogen-bond acceptors (Lipinski definition) is 3. The largest absolute Gasteiger partial charge is 0.387 e. The average molecular weight is 310 g/mol. The highest BCUT2D eigenvalue weighted by Crippen LogP contribution is 2.24. The number of benzene rings is 2. The zero-order chi connectivity index (χ0) is 16.2. The van der Waals surface area contributed by atoms with Gasteiger partial charge in [-0.1, -0.05) is 54.1 Å². The van der Waals surface area contributed by atoms with Crippen LogP contribution in [0.15, 0.2) is 48.5 Å². The van der Waals surface area contributed by atoms with Gasteiger partial charge in [-0.15, -0.1) is 0 Å². The third-order valence-corrected chi connectivity index (χ3v) is 4.34. The lowest BCUT2D eigenvalue weighted by Gasteiger charge is -2.26. The minimum absolute atomic E-state index is 0.0455. The maximum absolute atomic E-state index is 12.5. The van der Waals surface area contributed by atoms with Crippen LogP contribution in [0.1, 0.15) is 34.3 Å². The Bertz CT molecular complexity index is 682. The summed E-state index contributed by atoms with van der Waals surface area (Å²) in [5.74, 6) is -0.249. The van der Waals surface area contributed by atoms with Crippen molar-refractivity contribution < 1.29 is 9.90 Å². The number of amides is 1. The molecule has 4 heteroatoms. The lowest BCUT2D eigenvalue weighted by atomic mass is 9.90. The summed E-state index contributed by atoms with van der Waals surface area (Å²) >= 11 is 0. The Morgan fingerprint density at radius 3 is 2.78 bits per heavy atom. The molecule has 4 nitrogen and oxygen atoms in total. The second-order valence-corrected chi connectivity index (χ2v) is 6.05. The van der Waals surface area contributed by atoms with E-state index in [9.17, 15) is 9.90 Å². The Morgan fingerprint density at radius 2 is 2.00 bits per heavy atom. The van der Waals surface area contributed by atoms with Gasteiger partial charge in [0, 0.05) is 19.6 Å². The van der Waals surface area contributed by atoms with Gasteiger partial charge in [0.2, 0.25) is 5.91 Å². The molecule has 2 aromatic carbocycles. The maximum atomic E-state index is 12.5. The van der Waals surface area contributed by atoms with Crippen molar-refractivity contribution in [3.63, 3.8) is 0 Å². The van der Waals surface area contributed by atoms with Crippen LogP contribution in [-0.4, -0.2) is 24.1 Å². The van der Waals surface area contributed by atoms with Crippen molar-refractivity contribution in [1.29, 1.82) is 0 Å². The van der Waals surface area contributed by atoms with Crippen molar-refractivity contribution in [2.75, 3.05) is 13.1 Å². The molecule has 0 saturated heterocycles. The fraction of sp³-hybridized carbons (Fsp3) is 0.316. The smallest absolute Gasteiger partial charge is 0.228 e. The molecule has 0 saturated carbocycles. The van der Waals surface area contributed by atoms with Crippen molar-refractivity contribution in [2.45, 2.75) is 25.5 Å². The topological polar surface area (TPSA) is 61.4 Å². The number of carbonyl (C=O) groups excluding carboxylic acids is 1. The zero-order valence-corrected chi connectivity index (χ0v) is 13.3. The van der Waals surface area contributed by atoms with Crippen LogP contribution in [0.25, 0.3) is 0 Å². The number of carbonyl (C=O) groups is 1. The van der Waals surface area contributed by atoms with Gasteiger partial charge in [0.1, 0.15) is 0 Å². The number of rotatable bonds is 4. The number of aliphatic hydroxyl groups is 1. The molecule has 0 fully saturated rings.